The second-order valence-electron chi connectivity index (χ2n) is 3.91. The zero-order chi connectivity index (χ0) is 12.0. The number of aromatic nitrogens is 2. The molecule has 5 nitrogen and oxygen atoms in total. The molecule has 0 saturated carbocycles. The predicted molar refractivity (Wildman–Crippen MR) is 57.9 cm³/mol. The van der Waals surface area contributed by atoms with Gasteiger partial charge in [0.2, 0.25) is 5.88 Å². The van der Waals surface area contributed by atoms with Gasteiger partial charge in [-0.3, -0.25) is 0 Å². The number of hydrogen-bond donors (Lipinski definition) is 0. The highest BCUT2D eigenvalue weighted by atomic mass is 16.5. The molecule has 5 heteroatoms. The summed E-state index contributed by atoms with van der Waals surface area (Å²) in [7, 11) is 1.67. The Balaban J connectivity index is 2.41. The molecule has 0 atom stereocenters. The van der Waals surface area contributed by atoms with Gasteiger partial charge in [0.15, 0.2) is 5.69 Å². The van der Waals surface area contributed by atoms with Crippen LogP contribution in [0.25, 0.3) is 0 Å². The zero-order valence-corrected chi connectivity index (χ0v) is 9.73. The highest BCUT2D eigenvalue weighted by Gasteiger charge is 2.16. The molecule has 0 unspecified atom stereocenters. The molecule has 0 aliphatic heterocycles. The lowest BCUT2D eigenvalue weighted by Crippen LogP contribution is -2.25. The Morgan fingerprint density at radius 1 is 1.38 bits per heavy atom. The average Bonchev–Trinajstić information content (AvgIpc) is 2.30. The van der Waals surface area contributed by atoms with Gasteiger partial charge in [0, 0.05) is 13.5 Å². The van der Waals surface area contributed by atoms with Gasteiger partial charge in [-0.25, -0.2) is 9.97 Å². The Morgan fingerprint density at radius 2 is 2.12 bits per heavy atom. The van der Waals surface area contributed by atoms with Crippen LogP contribution in [-0.2, 0) is 4.74 Å². The highest BCUT2D eigenvalue weighted by molar-refractivity contribution is 5.18. The molecule has 0 amide bonds. The van der Waals surface area contributed by atoms with E-state index in [-0.39, 0.29) is 11.3 Å². The van der Waals surface area contributed by atoms with Crippen LogP contribution in [0.4, 0.5) is 0 Å². The fourth-order valence-electron chi connectivity index (χ4n) is 0.952. The van der Waals surface area contributed by atoms with Crippen molar-refractivity contribution < 1.29 is 9.47 Å². The topological polar surface area (TPSA) is 68.0 Å². The standard InChI is InChI=1S/C11H15N3O2/c1-11(2,15-3)4-5-16-10-8-13-9(6-12)7-14-10/h7-8H,4-5H2,1-3H3. The minimum Gasteiger partial charge on any atom is -0.476 e. The summed E-state index contributed by atoms with van der Waals surface area (Å²) in [6, 6.07) is 1.89. The molecule has 0 bridgehead atoms. The number of methoxy groups -OCH3 is 1. The molecule has 0 aliphatic rings. The van der Waals surface area contributed by atoms with Crippen LogP contribution in [0, 0.1) is 11.3 Å². The van der Waals surface area contributed by atoms with E-state index >= 15 is 0 Å². The first-order valence-electron chi connectivity index (χ1n) is 4.97. The van der Waals surface area contributed by atoms with Crippen LogP contribution in [-0.4, -0.2) is 29.3 Å². The fraction of sp³-hybridized carbons (Fsp3) is 0.545. The number of hydrogen-bond acceptors (Lipinski definition) is 5. The maximum atomic E-state index is 8.53. The minimum absolute atomic E-state index is 0.208. The monoisotopic (exact) mass is 221 g/mol. The second kappa shape index (κ2) is 5.42. The summed E-state index contributed by atoms with van der Waals surface area (Å²) in [6.45, 7) is 4.48. The largest absolute Gasteiger partial charge is 0.476 e. The molecule has 1 heterocycles. The Morgan fingerprint density at radius 3 is 2.62 bits per heavy atom. The first kappa shape index (κ1) is 12.4. The van der Waals surface area contributed by atoms with Gasteiger partial charge in [-0.05, 0) is 13.8 Å². The van der Waals surface area contributed by atoms with E-state index in [1.165, 1.54) is 12.4 Å². The van der Waals surface area contributed by atoms with Crippen molar-refractivity contribution in [1.29, 1.82) is 5.26 Å². The van der Waals surface area contributed by atoms with E-state index in [0.717, 1.165) is 6.42 Å². The van der Waals surface area contributed by atoms with Crippen LogP contribution < -0.4 is 4.74 Å². The van der Waals surface area contributed by atoms with E-state index in [1.807, 2.05) is 19.9 Å². The lowest BCUT2D eigenvalue weighted by Gasteiger charge is -2.22. The van der Waals surface area contributed by atoms with Gasteiger partial charge in [0.25, 0.3) is 0 Å². The molecule has 0 spiro atoms. The molecule has 0 fully saturated rings. The van der Waals surface area contributed by atoms with E-state index in [1.54, 1.807) is 7.11 Å². The molecule has 0 saturated heterocycles. The molecule has 0 N–H and O–H groups in total. The molecule has 0 aliphatic carbocycles. The summed E-state index contributed by atoms with van der Waals surface area (Å²) in [6.07, 6.45) is 3.58. The van der Waals surface area contributed by atoms with Crippen molar-refractivity contribution in [3.05, 3.63) is 18.1 Å². The SMILES string of the molecule is COC(C)(C)CCOc1cnc(C#N)cn1. The average molecular weight is 221 g/mol. The van der Waals surface area contributed by atoms with Crippen LogP contribution >= 0.6 is 0 Å². The number of nitriles is 1. The lowest BCUT2D eigenvalue weighted by molar-refractivity contribution is 0.00505. The van der Waals surface area contributed by atoms with Crippen LogP contribution in [0.15, 0.2) is 12.4 Å². The normalized spacial score (nSPS) is 10.9. The van der Waals surface area contributed by atoms with Crippen molar-refractivity contribution in [2.24, 2.45) is 0 Å². The molecule has 1 rings (SSSR count). The Bertz CT molecular complexity index is 368. The fourth-order valence-corrected chi connectivity index (χ4v) is 0.952. The maximum absolute atomic E-state index is 8.53. The highest BCUT2D eigenvalue weighted by Crippen LogP contribution is 2.13. The van der Waals surface area contributed by atoms with Gasteiger partial charge >= 0.3 is 0 Å². The molecule has 0 radical (unpaired) electrons. The van der Waals surface area contributed by atoms with E-state index in [0.29, 0.717) is 12.5 Å². The molecule has 0 aromatic carbocycles. The van der Waals surface area contributed by atoms with Crippen molar-refractivity contribution in [3.8, 4) is 11.9 Å². The first-order chi connectivity index (χ1) is 7.57. The summed E-state index contributed by atoms with van der Waals surface area (Å²) in [5.41, 5.74) is 0.0737. The van der Waals surface area contributed by atoms with Gasteiger partial charge in [0.05, 0.1) is 24.6 Å². The van der Waals surface area contributed by atoms with E-state index < -0.39 is 0 Å². The third-order valence-electron chi connectivity index (χ3n) is 2.25. The quantitative estimate of drug-likeness (QED) is 0.754. The van der Waals surface area contributed by atoms with E-state index in [4.69, 9.17) is 14.7 Å². The van der Waals surface area contributed by atoms with Gasteiger partial charge in [0.1, 0.15) is 6.07 Å². The van der Waals surface area contributed by atoms with Crippen LogP contribution in [0.3, 0.4) is 0 Å². The first-order valence-corrected chi connectivity index (χ1v) is 4.97. The summed E-state index contributed by atoms with van der Waals surface area (Å²) < 4.78 is 10.6. The Kier molecular flexibility index (Phi) is 4.20. The molecule has 1 aromatic heterocycles. The number of ether oxygens (including phenoxy) is 2. The zero-order valence-electron chi connectivity index (χ0n) is 9.73. The number of nitrogens with zero attached hydrogens (tertiary/aromatic N) is 3. The molecular formula is C11H15N3O2. The molecule has 16 heavy (non-hydrogen) atoms. The van der Waals surface area contributed by atoms with Gasteiger partial charge in [-0.15, -0.1) is 0 Å². The van der Waals surface area contributed by atoms with Crippen LogP contribution in [0.1, 0.15) is 26.0 Å². The van der Waals surface area contributed by atoms with Gasteiger partial charge in [-0.1, -0.05) is 0 Å². The minimum atomic E-state index is -0.208. The lowest BCUT2D eigenvalue weighted by atomic mass is 10.1. The summed E-state index contributed by atoms with van der Waals surface area (Å²) in [5, 5.41) is 8.53. The van der Waals surface area contributed by atoms with Gasteiger partial charge in [-0.2, -0.15) is 5.26 Å². The number of rotatable bonds is 5. The third kappa shape index (κ3) is 3.83. The van der Waals surface area contributed by atoms with Crippen molar-refractivity contribution in [2.75, 3.05) is 13.7 Å². The molecular weight excluding hydrogens is 206 g/mol. The third-order valence-corrected chi connectivity index (χ3v) is 2.25. The summed E-state index contributed by atoms with van der Waals surface area (Å²) >= 11 is 0. The van der Waals surface area contributed by atoms with Crippen LogP contribution in [0.5, 0.6) is 5.88 Å². The van der Waals surface area contributed by atoms with Crippen molar-refractivity contribution in [3.63, 3.8) is 0 Å². The van der Waals surface area contributed by atoms with Crippen molar-refractivity contribution in [1.82, 2.24) is 9.97 Å². The van der Waals surface area contributed by atoms with Gasteiger partial charge < -0.3 is 9.47 Å². The van der Waals surface area contributed by atoms with Crippen molar-refractivity contribution >= 4 is 0 Å². The summed E-state index contributed by atoms with van der Waals surface area (Å²) in [5.74, 6) is 0.422. The maximum Gasteiger partial charge on any atom is 0.232 e. The van der Waals surface area contributed by atoms with E-state index in [2.05, 4.69) is 9.97 Å². The van der Waals surface area contributed by atoms with Crippen molar-refractivity contribution in [2.45, 2.75) is 25.9 Å². The Labute approximate surface area is 95.0 Å². The van der Waals surface area contributed by atoms with Crippen LogP contribution in [0.2, 0.25) is 0 Å². The molecule has 1 aromatic rings. The summed E-state index contributed by atoms with van der Waals surface area (Å²) in [4.78, 5) is 7.80. The van der Waals surface area contributed by atoms with E-state index in [9.17, 15) is 0 Å². The molecule has 86 valence electrons. The predicted octanol–water partition coefficient (Wildman–Crippen LogP) is 1.54. The second-order valence-corrected chi connectivity index (χ2v) is 3.91. The Hall–Kier alpha value is -1.67. The smallest absolute Gasteiger partial charge is 0.232 e.